The first kappa shape index (κ1) is 14.2. The van der Waals surface area contributed by atoms with Crippen LogP contribution in [0.5, 0.6) is 0 Å². The number of nitrogens with zero attached hydrogens (tertiary/aromatic N) is 2. The smallest absolute Gasteiger partial charge is 0.226 e. The Morgan fingerprint density at radius 2 is 2.32 bits per heavy atom. The lowest BCUT2D eigenvalue weighted by Crippen LogP contribution is -2.47. The molecule has 0 radical (unpaired) electrons. The number of carbonyl (C=O) groups excluding carboxylic acids is 1. The molecular formula is C17H23N3O2. The van der Waals surface area contributed by atoms with Gasteiger partial charge in [-0.25, -0.2) is 0 Å². The van der Waals surface area contributed by atoms with Gasteiger partial charge in [0.1, 0.15) is 0 Å². The molecule has 3 unspecified atom stereocenters. The van der Waals surface area contributed by atoms with Crippen molar-refractivity contribution in [3.05, 3.63) is 30.1 Å². The van der Waals surface area contributed by atoms with Crippen molar-refractivity contribution < 1.29 is 9.53 Å². The van der Waals surface area contributed by atoms with E-state index in [1.165, 1.54) is 12.0 Å². The third-order valence-electron chi connectivity index (χ3n) is 5.15. The average Bonchev–Trinajstić information content (AvgIpc) is 2.79. The van der Waals surface area contributed by atoms with Gasteiger partial charge in [-0.2, -0.15) is 0 Å². The lowest BCUT2D eigenvalue weighted by atomic mass is 9.91. The van der Waals surface area contributed by atoms with Gasteiger partial charge in [0, 0.05) is 38.1 Å². The summed E-state index contributed by atoms with van der Waals surface area (Å²) in [6, 6.07) is 4.49. The summed E-state index contributed by atoms with van der Waals surface area (Å²) in [4.78, 5) is 19.0. The molecule has 4 rings (SSSR count). The lowest BCUT2D eigenvalue weighted by molar-refractivity contribution is -0.129. The van der Waals surface area contributed by atoms with Gasteiger partial charge in [-0.3, -0.25) is 14.7 Å². The molecule has 2 saturated heterocycles. The highest BCUT2D eigenvalue weighted by Gasteiger charge is 2.45. The van der Waals surface area contributed by atoms with Gasteiger partial charge in [0.15, 0.2) is 0 Å². The third-order valence-corrected chi connectivity index (χ3v) is 5.15. The number of amides is 1. The summed E-state index contributed by atoms with van der Waals surface area (Å²) in [7, 11) is 0. The molecule has 0 spiro atoms. The van der Waals surface area contributed by atoms with Crippen molar-refractivity contribution in [3.63, 3.8) is 0 Å². The molecule has 1 aromatic heterocycles. The number of fused-ring (bicyclic) bond motifs is 2. The van der Waals surface area contributed by atoms with Gasteiger partial charge in [0.25, 0.3) is 0 Å². The van der Waals surface area contributed by atoms with Crippen LogP contribution in [0.4, 0.5) is 0 Å². The van der Waals surface area contributed by atoms with Crippen LogP contribution in [0.1, 0.15) is 31.2 Å². The number of hydrogen-bond donors (Lipinski definition) is 1. The van der Waals surface area contributed by atoms with E-state index in [0.29, 0.717) is 6.04 Å². The molecule has 118 valence electrons. The van der Waals surface area contributed by atoms with E-state index in [2.05, 4.69) is 21.3 Å². The molecule has 3 aliphatic rings. The van der Waals surface area contributed by atoms with E-state index >= 15 is 0 Å². The number of pyridine rings is 1. The molecule has 3 fully saturated rings. The highest BCUT2D eigenvalue weighted by molar-refractivity contribution is 5.80. The molecule has 0 aromatic carbocycles. The van der Waals surface area contributed by atoms with Gasteiger partial charge in [-0.05, 0) is 37.3 Å². The van der Waals surface area contributed by atoms with Crippen molar-refractivity contribution in [1.82, 2.24) is 15.2 Å². The van der Waals surface area contributed by atoms with Crippen LogP contribution in [0, 0.1) is 5.92 Å². The van der Waals surface area contributed by atoms with E-state index in [1.807, 2.05) is 12.3 Å². The number of aromatic nitrogens is 1. The summed E-state index contributed by atoms with van der Waals surface area (Å²) in [6.07, 6.45) is 8.36. The number of ether oxygens (including phenoxy) is 1. The molecule has 2 aliphatic heterocycles. The first-order chi connectivity index (χ1) is 10.8. The first-order valence-corrected chi connectivity index (χ1v) is 8.35. The average molecular weight is 301 g/mol. The van der Waals surface area contributed by atoms with Gasteiger partial charge < -0.3 is 10.1 Å². The number of nitrogens with one attached hydrogen (secondary N) is 1. The fourth-order valence-electron chi connectivity index (χ4n) is 3.75. The van der Waals surface area contributed by atoms with E-state index < -0.39 is 0 Å². The molecule has 1 aliphatic carbocycles. The summed E-state index contributed by atoms with van der Waals surface area (Å²) in [5.74, 6) is 0.241. The molecule has 1 saturated carbocycles. The maximum absolute atomic E-state index is 12.4. The van der Waals surface area contributed by atoms with Gasteiger partial charge >= 0.3 is 0 Å². The van der Waals surface area contributed by atoms with Gasteiger partial charge in [-0.15, -0.1) is 0 Å². The Morgan fingerprint density at radius 3 is 3.05 bits per heavy atom. The Kier molecular flexibility index (Phi) is 3.84. The molecule has 22 heavy (non-hydrogen) atoms. The Bertz CT molecular complexity index is 532. The molecule has 3 heterocycles. The van der Waals surface area contributed by atoms with Crippen LogP contribution < -0.4 is 5.32 Å². The van der Waals surface area contributed by atoms with Crippen LogP contribution in [-0.4, -0.2) is 47.1 Å². The van der Waals surface area contributed by atoms with Gasteiger partial charge in [-0.1, -0.05) is 6.07 Å². The molecule has 1 N–H and O–H groups in total. The number of morpholine rings is 1. The lowest BCUT2D eigenvalue weighted by Gasteiger charge is -2.33. The Morgan fingerprint density at radius 1 is 1.41 bits per heavy atom. The molecule has 3 atom stereocenters. The molecule has 1 aromatic rings. The molecule has 2 bridgehead atoms. The second-order valence-corrected chi connectivity index (χ2v) is 6.83. The molecule has 5 heteroatoms. The Hall–Kier alpha value is -1.46. The summed E-state index contributed by atoms with van der Waals surface area (Å²) >= 11 is 0. The highest BCUT2D eigenvalue weighted by atomic mass is 16.5. The topological polar surface area (TPSA) is 54.5 Å². The zero-order valence-corrected chi connectivity index (χ0v) is 12.8. The fourth-order valence-corrected chi connectivity index (χ4v) is 3.75. The van der Waals surface area contributed by atoms with Crippen molar-refractivity contribution in [3.8, 4) is 0 Å². The van der Waals surface area contributed by atoms with Crippen molar-refractivity contribution in [2.24, 2.45) is 5.92 Å². The van der Waals surface area contributed by atoms with Crippen LogP contribution >= 0.6 is 0 Å². The largest absolute Gasteiger partial charge is 0.371 e. The summed E-state index contributed by atoms with van der Waals surface area (Å²) in [6.45, 7) is 2.65. The zero-order chi connectivity index (χ0) is 14.9. The molecule has 5 nitrogen and oxygen atoms in total. The number of carbonyl (C=O) groups is 1. The first-order valence-electron chi connectivity index (χ1n) is 8.35. The van der Waals surface area contributed by atoms with Crippen LogP contribution in [0.25, 0.3) is 0 Å². The normalized spacial score (nSPS) is 31.7. The van der Waals surface area contributed by atoms with E-state index in [9.17, 15) is 4.79 Å². The number of likely N-dealkylation sites (tertiary alicyclic amines) is 1. The van der Waals surface area contributed by atoms with E-state index in [4.69, 9.17) is 4.74 Å². The predicted octanol–water partition coefficient (Wildman–Crippen LogP) is 1.34. The predicted molar refractivity (Wildman–Crippen MR) is 82.1 cm³/mol. The van der Waals surface area contributed by atoms with Gasteiger partial charge in [0.05, 0.1) is 18.1 Å². The van der Waals surface area contributed by atoms with Crippen molar-refractivity contribution in [1.29, 1.82) is 0 Å². The van der Waals surface area contributed by atoms with E-state index in [1.54, 1.807) is 6.20 Å². The standard InChI is InChI=1S/C17H23N3O2/c21-17(19-13-4-1-5-13)15-7-14-10-20(11-16(15)22-14)9-12-3-2-6-18-8-12/h2-3,6,8,13-16H,1,4-5,7,9-11H2,(H,19,21). The molecular weight excluding hydrogens is 278 g/mol. The maximum atomic E-state index is 12.4. The maximum Gasteiger partial charge on any atom is 0.226 e. The zero-order valence-electron chi connectivity index (χ0n) is 12.8. The summed E-state index contributed by atoms with van der Waals surface area (Å²) < 4.78 is 6.01. The van der Waals surface area contributed by atoms with Crippen molar-refractivity contribution in [2.75, 3.05) is 13.1 Å². The SMILES string of the molecule is O=C(NC1CCC1)C1CC2CN(Cc3cccnc3)CC1O2. The number of rotatable bonds is 4. The Balaban J connectivity index is 1.36. The summed E-state index contributed by atoms with van der Waals surface area (Å²) in [5.41, 5.74) is 1.22. The third kappa shape index (κ3) is 2.88. The van der Waals surface area contributed by atoms with Crippen molar-refractivity contribution >= 4 is 5.91 Å². The minimum atomic E-state index is 0.0319. The van der Waals surface area contributed by atoms with Gasteiger partial charge in [0.2, 0.25) is 5.91 Å². The van der Waals surface area contributed by atoms with E-state index in [-0.39, 0.29) is 24.0 Å². The van der Waals surface area contributed by atoms with Crippen LogP contribution in [0.3, 0.4) is 0 Å². The highest BCUT2D eigenvalue weighted by Crippen LogP contribution is 2.33. The van der Waals surface area contributed by atoms with Crippen LogP contribution in [-0.2, 0) is 16.1 Å². The quantitative estimate of drug-likeness (QED) is 0.912. The minimum absolute atomic E-state index is 0.0319. The van der Waals surface area contributed by atoms with E-state index in [0.717, 1.165) is 38.9 Å². The Labute approximate surface area is 131 Å². The second-order valence-electron chi connectivity index (χ2n) is 6.83. The number of hydrogen-bond acceptors (Lipinski definition) is 4. The molecule has 1 amide bonds. The monoisotopic (exact) mass is 301 g/mol. The second kappa shape index (κ2) is 5.97. The summed E-state index contributed by atoms with van der Waals surface area (Å²) in [5, 5.41) is 3.19. The minimum Gasteiger partial charge on any atom is -0.371 e. The van der Waals surface area contributed by atoms with Crippen molar-refractivity contribution in [2.45, 2.75) is 50.5 Å². The fraction of sp³-hybridized carbons (Fsp3) is 0.647. The van der Waals surface area contributed by atoms with Crippen LogP contribution in [0.2, 0.25) is 0 Å². The van der Waals surface area contributed by atoms with Crippen LogP contribution in [0.15, 0.2) is 24.5 Å².